The summed E-state index contributed by atoms with van der Waals surface area (Å²) in [4.78, 5) is 8.11. The predicted octanol–water partition coefficient (Wildman–Crippen LogP) is 1.90. The number of hydrogen-bond donors (Lipinski definition) is 1. The van der Waals surface area contributed by atoms with E-state index in [2.05, 4.69) is 22.2 Å². The minimum Gasteiger partial charge on any atom is -0.306 e. The highest BCUT2D eigenvalue weighted by molar-refractivity contribution is 5.01. The van der Waals surface area contributed by atoms with Crippen LogP contribution >= 0.6 is 0 Å². The highest BCUT2D eigenvalue weighted by atomic mass is 15.0. The molecule has 14 heavy (non-hydrogen) atoms. The summed E-state index contributed by atoms with van der Waals surface area (Å²) in [7, 11) is 0. The van der Waals surface area contributed by atoms with Gasteiger partial charge in [-0.1, -0.05) is 6.92 Å². The lowest BCUT2D eigenvalue weighted by atomic mass is 9.75. The molecular formula is C11H17N3. The molecule has 2 rings (SSSR count). The first-order valence-corrected chi connectivity index (χ1v) is 5.35. The van der Waals surface area contributed by atoms with Crippen LogP contribution in [-0.2, 0) is 6.54 Å². The molecule has 1 N–H and O–H groups in total. The number of nitrogens with one attached hydrogen (secondary N) is 1. The van der Waals surface area contributed by atoms with E-state index in [9.17, 15) is 0 Å². The summed E-state index contributed by atoms with van der Waals surface area (Å²) in [6.45, 7) is 3.13. The lowest BCUT2D eigenvalue weighted by molar-refractivity contribution is 0.175. The molecule has 0 amide bonds. The van der Waals surface area contributed by atoms with Crippen molar-refractivity contribution in [3.8, 4) is 0 Å². The maximum atomic E-state index is 4.20. The molecule has 0 atom stereocenters. The number of aromatic nitrogens is 2. The summed E-state index contributed by atoms with van der Waals surface area (Å²) in [6, 6.07) is 1.97. The molecule has 1 aliphatic carbocycles. The molecule has 1 aliphatic rings. The van der Waals surface area contributed by atoms with Gasteiger partial charge >= 0.3 is 0 Å². The van der Waals surface area contributed by atoms with E-state index >= 15 is 0 Å². The van der Waals surface area contributed by atoms with Crippen molar-refractivity contribution in [1.82, 2.24) is 15.3 Å². The van der Waals surface area contributed by atoms with E-state index in [4.69, 9.17) is 0 Å². The third kappa shape index (κ3) is 1.93. The maximum Gasteiger partial charge on any atom is 0.115 e. The van der Waals surface area contributed by atoms with Crippen molar-refractivity contribution in [2.24, 2.45) is 0 Å². The van der Waals surface area contributed by atoms with E-state index in [-0.39, 0.29) is 0 Å². The zero-order valence-electron chi connectivity index (χ0n) is 8.66. The number of hydrogen-bond acceptors (Lipinski definition) is 3. The van der Waals surface area contributed by atoms with E-state index in [1.807, 2.05) is 6.07 Å². The Morgan fingerprint density at radius 2 is 2.36 bits per heavy atom. The number of rotatable bonds is 4. The predicted molar refractivity (Wildman–Crippen MR) is 55.7 cm³/mol. The van der Waals surface area contributed by atoms with Gasteiger partial charge in [-0.05, 0) is 31.7 Å². The summed E-state index contributed by atoms with van der Waals surface area (Å²) in [6.07, 6.45) is 8.62. The van der Waals surface area contributed by atoms with Crippen molar-refractivity contribution >= 4 is 0 Å². The Balaban J connectivity index is 1.88. The Morgan fingerprint density at radius 3 is 2.86 bits per heavy atom. The quantitative estimate of drug-likeness (QED) is 0.790. The van der Waals surface area contributed by atoms with Crippen LogP contribution in [0.2, 0.25) is 0 Å². The molecule has 0 saturated heterocycles. The fraction of sp³-hybridized carbons (Fsp3) is 0.636. The van der Waals surface area contributed by atoms with Crippen LogP contribution in [0.5, 0.6) is 0 Å². The van der Waals surface area contributed by atoms with Crippen LogP contribution in [0.1, 0.15) is 38.3 Å². The molecule has 1 saturated carbocycles. The lowest BCUT2D eigenvalue weighted by Crippen LogP contribution is -2.49. The van der Waals surface area contributed by atoms with E-state index in [0.29, 0.717) is 5.54 Å². The second-order valence-electron chi connectivity index (χ2n) is 4.04. The van der Waals surface area contributed by atoms with Crippen LogP contribution in [0.3, 0.4) is 0 Å². The second kappa shape index (κ2) is 4.05. The van der Waals surface area contributed by atoms with Crippen molar-refractivity contribution in [2.75, 3.05) is 0 Å². The standard InChI is InChI=1S/C11H17N3/c1-2-11(5-3-6-11)14-8-10-4-7-12-9-13-10/h4,7,9,14H,2-3,5-6,8H2,1H3. The van der Waals surface area contributed by atoms with E-state index in [1.54, 1.807) is 12.5 Å². The van der Waals surface area contributed by atoms with Crippen molar-refractivity contribution in [3.63, 3.8) is 0 Å². The third-order valence-electron chi connectivity index (χ3n) is 3.28. The molecular weight excluding hydrogens is 174 g/mol. The summed E-state index contributed by atoms with van der Waals surface area (Å²) in [5.41, 5.74) is 1.49. The van der Waals surface area contributed by atoms with Gasteiger partial charge in [0, 0.05) is 18.3 Å². The SMILES string of the molecule is CCC1(NCc2ccncn2)CCC1. The monoisotopic (exact) mass is 191 g/mol. The molecule has 0 aromatic carbocycles. The van der Waals surface area contributed by atoms with Crippen LogP contribution in [0.15, 0.2) is 18.6 Å². The maximum absolute atomic E-state index is 4.20. The largest absolute Gasteiger partial charge is 0.306 e. The molecule has 0 aliphatic heterocycles. The Bertz CT molecular complexity index is 274. The van der Waals surface area contributed by atoms with Gasteiger partial charge in [-0.2, -0.15) is 0 Å². The normalized spacial score (nSPS) is 18.9. The molecule has 3 heteroatoms. The summed E-state index contributed by atoms with van der Waals surface area (Å²) in [5.74, 6) is 0. The van der Waals surface area contributed by atoms with Gasteiger partial charge in [-0.3, -0.25) is 0 Å². The molecule has 1 aromatic heterocycles. The van der Waals surface area contributed by atoms with Crippen LogP contribution in [0, 0.1) is 0 Å². The van der Waals surface area contributed by atoms with Crippen LogP contribution in [-0.4, -0.2) is 15.5 Å². The van der Waals surface area contributed by atoms with Crippen molar-refractivity contribution in [3.05, 3.63) is 24.3 Å². The molecule has 0 bridgehead atoms. The molecule has 1 fully saturated rings. The zero-order chi connectivity index (χ0) is 9.86. The summed E-state index contributed by atoms with van der Waals surface area (Å²) in [5, 5.41) is 3.61. The first-order valence-electron chi connectivity index (χ1n) is 5.35. The highest BCUT2D eigenvalue weighted by Gasteiger charge is 2.34. The fourth-order valence-electron chi connectivity index (χ4n) is 1.96. The molecule has 0 radical (unpaired) electrons. The molecule has 1 aromatic rings. The van der Waals surface area contributed by atoms with Gasteiger partial charge in [0.25, 0.3) is 0 Å². The number of nitrogens with zero attached hydrogens (tertiary/aromatic N) is 2. The van der Waals surface area contributed by atoms with Gasteiger partial charge in [-0.25, -0.2) is 9.97 Å². The smallest absolute Gasteiger partial charge is 0.115 e. The van der Waals surface area contributed by atoms with E-state index in [0.717, 1.165) is 12.2 Å². The van der Waals surface area contributed by atoms with Gasteiger partial charge in [0.05, 0.1) is 5.69 Å². The van der Waals surface area contributed by atoms with Crippen molar-refractivity contribution < 1.29 is 0 Å². The molecule has 0 spiro atoms. The lowest BCUT2D eigenvalue weighted by Gasteiger charge is -2.42. The average molecular weight is 191 g/mol. The average Bonchev–Trinajstić information content (AvgIpc) is 2.19. The molecule has 0 unspecified atom stereocenters. The molecule has 3 nitrogen and oxygen atoms in total. The van der Waals surface area contributed by atoms with Crippen molar-refractivity contribution in [2.45, 2.75) is 44.7 Å². The molecule has 1 heterocycles. The van der Waals surface area contributed by atoms with Crippen LogP contribution in [0.4, 0.5) is 0 Å². The van der Waals surface area contributed by atoms with Gasteiger partial charge in [0.15, 0.2) is 0 Å². The Morgan fingerprint density at radius 1 is 1.50 bits per heavy atom. The van der Waals surface area contributed by atoms with Crippen LogP contribution < -0.4 is 5.32 Å². The van der Waals surface area contributed by atoms with E-state index < -0.39 is 0 Å². The van der Waals surface area contributed by atoms with Gasteiger partial charge in [-0.15, -0.1) is 0 Å². The minimum absolute atomic E-state index is 0.408. The zero-order valence-corrected chi connectivity index (χ0v) is 8.66. The minimum atomic E-state index is 0.408. The van der Waals surface area contributed by atoms with E-state index in [1.165, 1.54) is 25.7 Å². The summed E-state index contributed by atoms with van der Waals surface area (Å²) < 4.78 is 0. The fourth-order valence-corrected chi connectivity index (χ4v) is 1.96. The highest BCUT2D eigenvalue weighted by Crippen LogP contribution is 2.34. The summed E-state index contributed by atoms with van der Waals surface area (Å²) >= 11 is 0. The Kier molecular flexibility index (Phi) is 2.77. The third-order valence-corrected chi connectivity index (χ3v) is 3.28. The van der Waals surface area contributed by atoms with Crippen molar-refractivity contribution in [1.29, 1.82) is 0 Å². The van der Waals surface area contributed by atoms with Gasteiger partial charge in [0.2, 0.25) is 0 Å². The molecule has 76 valence electrons. The topological polar surface area (TPSA) is 37.8 Å². The first-order chi connectivity index (χ1) is 6.85. The first kappa shape index (κ1) is 9.59. The van der Waals surface area contributed by atoms with Gasteiger partial charge < -0.3 is 5.32 Å². The Labute approximate surface area is 85.0 Å². The van der Waals surface area contributed by atoms with Crippen LogP contribution in [0.25, 0.3) is 0 Å². The van der Waals surface area contributed by atoms with Gasteiger partial charge in [0.1, 0.15) is 6.33 Å². The Hall–Kier alpha value is -0.960. The second-order valence-corrected chi connectivity index (χ2v) is 4.04.